The summed E-state index contributed by atoms with van der Waals surface area (Å²) in [5.74, 6) is -0.399. The van der Waals surface area contributed by atoms with Crippen LogP contribution < -0.4 is 5.73 Å². The highest BCUT2D eigenvalue weighted by atomic mass is 16.2. The summed E-state index contributed by atoms with van der Waals surface area (Å²) in [4.78, 5) is 22.9. The highest BCUT2D eigenvalue weighted by Crippen LogP contribution is 1.99. The van der Waals surface area contributed by atoms with Gasteiger partial charge in [0.2, 0.25) is 0 Å². The van der Waals surface area contributed by atoms with E-state index in [0.717, 1.165) is 4.90 Å². The number of rotatable bonds is 3. The summed E-state index contributed by atoms with van der Waals surface area (Å²) in [6.07, 6.45) is 0.696. The van der Waals surface area contributed by atoms with Gasteiger partial charge in [0.05, 0.1) is 0 Å². The molecule has 0 aliphatic carbocycles. The molecule has 4 nitrogen and oxygen atoms in total. The van der Waals surface area contributed by atoms with E-state index in [9.17, 15) is 9.59 Å². The van der Waals surface area contributed by atoms with E-state index in [2.05, 4.69) is 6.58 Å². The Labute approximate surface area is 72.0 Å². The van der Waals surface area contributed by atoms with Crippen molar-refractivity contribution in [1.82, 2.24) is 4.90 Å². The number of amides is 3. The van der Waals surface area contributed by atoms with Gasteiger partial charge in [-0.25, -0.2) is 4.79 Å². The molecule has 12 heavy (non-hydrogen) atoms. The number of hydrogen-bond acceptors (Lipinski definition) is 2. The molecular weight excluding hydrogens is 156 g/mol. The zero-order valence-corrected chi connectivity index (χ0v) is 7.46. The number of carbonyl (C=O) groups excluding carboxylic acids is 2. The van der Waals surface area contributed by atoms with Gasteiger partial charge in [-0.1, -0.05) is 13.5 Å². The van der Waals surface area contributed by atoms with Gasteiger partial charge in [0.25, 0.3) is 5.91 Å². The Bertz CT molecular complexity index is 211. The van der Waals surface area contributed by atoms with Crippen LogP contribution in [-0.4, -0.2) is 23.4 Å². The maximum atomic E-state index is 11.2. The molecule has 4 heteroatoms. The predicted molar refractivity (Wildman–Crippen MR) is 46.4 cm³/mol. The molecule has 0 rings (SSSR count). The van der Waals surface area contributed by atoms with Crippen molar-refractivity contribution in [1.29, 1.82) is 0 Å². The lowest BCUT2D eigenvalue weighted by Gasteiger charge is -2.16. The Morgan fingerprint density at radius 3 is 2.25 bits per heavy atom. The molecule has 0 aliphatic rings. The topological polar surface area (TPSA) is 63.4 Å². The lowest BCUT2D eigenvalue weighted by molar-refractivity contribution is -0.124. The second-order valence-electron chi connectivity index (χ2n) is 2.58. The summed E-state index contributed by atoms with van der Waals surface area (Å²) in [6.45, 7) is 7.20. The van der Waals surface area contributed by atoms with Crippen molar-refractivity contribution in [2.75, 3.05) is 6.54 Å². The first-order valence-electron chi connectivity index (χ1n) is 3.77. The minimum Gasteiger partial charge on any atom is -0.351 e. The van der Waals surface area contributed by atoms with Gasteiger partial charge in [0, 0.05) is 12.1 Å². The molecule has 0 atom stereocenters. The molecule has 0 aliphatic heterocycles. The molecule has 0 unspecified atom stereocenters. The number of primary amides is 1. The number of hydrogen-bond donors (Lipinski definition) is 1. The number of imide groups is 1. The molecule has 2 N–H and O–H groups in total. The monoisotopic (exact) mass is 170 g/mol. The SMILES string of the molecule is C=C(C)C(=O)N(CCC)C(N)=O. The Hall–Kier alpha value is -1.32. The summed E-state index contributed by atoms with van der Waals surface area (Å²) in [5, 5.41) is 0. The summed E-state index contributed by atoms with van der Waals surface area (Å²) >= 11 is 0. The van der Waals surface area contributed by atoms with Crippen molar-refractivity contribution in [3.8, 4) is 0 Å². The Morgan fingerprint density at radius 1 is 1.50 bits per heavy atom. The van der Waals surface area contributed by atoms with E-state index in [1.165, 1.54) is 0 Å². The van der Waals surface area contributed by atoms with Crippen LogP contribution in [0.15, 0.2) is 12.2 Å². The van der Waals surface area contributed by atoms with Gasteiger partial charge in [-0.05, 0) is 13.3 Å². The van der Waals surface area contributed by atoms with Crippen LogP contribution >= 0.6 is 0 Å². The van der Waals surface area contributed by atoms with Crippen molar-refractivity contribution in [3.05, 3.63) is 12.2 Å². The fraction of sp³-hybridized carbons (Fsp3) is 0.500. The number of nitrogens with two attached hydrogens (primary N) is 1. The van der Waals surface area contributed by atoms with Crippen molar-refractivity contribution < 1.29 is 9.59 Å². The van der Waals surface area contributed by atoms with E-state index in [-0.39, 0.29) is 0 Å². The quantitative estimate of drug-likeness (QED) is 0.639. The lowest BCUT2D eigenvalue weighted by atomic mass is 10.3. The Kier molecular flexibility index (Phi) is 4.04. The molecule has 0 fully saturated rings. The molecule has 0 bridgehead atoms. The maximum absolute atomic E-state index is 11.2. The van der Waals surface area contributed by atoms with Crippen molar-refractivity contribution >= 4 is 11.9 Å². The molecule has 68 valence electrons. The van der Waals surface area contributed by atoms with Crippen LogP contribution in [0.3, 0.4) is 0 Å². The number of urea groups is 1. The van der Waals surface area contributed by atoms with Crippen LogP contribution in [0.4, 0.5) is 4.79 Å². The van der Waals surface area contributed by atoms with Gasteiger partial charge in [-0.2, -0.15) is 0 Å². The fourth-order valence-corrected chi connectivity index (χ4v) is 0.766. The van der Waals surface area contributed by atoms with Crippen LogP contribution in [0.2, 0.25) is 0 Å². The first kappa shape index (κ1) is 10.7. The van der Waals surface area contributed by atoms with Crippen molar-refractivity contribution in [2.24, 2.45) is 5.73 Å². The normalized spacial score (nSPS) is 9.17. The smallest absolute Gasteiger partial charge is 0.321 e. The minimum absolute atomic E-state index is 0.322. The van der Waals surface area contributed by atoms with Crippen LogP contribution in [0.5, 0.6) is 0 Å². The van der Waals surface area contributed by atoms with Crippen LogP contribution in [0.25, 0.3) is 0 Å². The van der Waals surface area contributed by atoms with E-state index in [1.807, 2.05) is 6.92 Å². The third kappa shape index (κ3) is 2.74. The highest BCUT2D eigenvalue weighted by molar-refractivity contribution is 6.02. The van der Waals surface area contributed by atoms with E-state index < -0.39 is 11.9 Å². The van der Waals surface area contributed by atoms with Gasteiger partial charge >= 0.3 is 6.03 Å². The highest BCUT2D eigenvalue weighted by Gasteiger charge is 2.17. The fourth-order valence-electron chi connectivity index (χ4n) is 0.766. The third-order valence-electron chi connectivity index (χ3n) is 1.32. The first-order chi connectivity index (χ1) is 5.50. The third-order valence-corrected chi connectivity index (χ3v) is 1.32. The summed E-state index contributed by atoms with van der Waals surface area (Å²) in [6, 6.07) is -0.718. The number of nitrogens with zero attached hydrogens (tertiary/aromatic N) is 1. The van der Waals surface area contributed by atoms with Gasteiger partial charge in [-0.15, -0.1) is 0 Å². The molecule has 0 aromatic heterocycles. The average molecular weight is 170 g/mol. The van der Waals surface area contributed by atoms with Gasteiger partial charge in [0.15, 0.2) is 0 Å². The molecule has 0 saturated heterocycles. The molecule has 0 heterocycles. The molecule has 0 aromatic carbocycles. The van der Waals surface area contributed by atoms with E-state index in [4.69, 9.17) is 5.73 Å². The van der Waals surface area contributed by atoms with E-state index in [0.29, 0.717) is 18.5 Å². The largest absolute Gasteiger partial charge is 0.351 e. The maximum Gasteiger partial charge on any atom is 0.321 e. The molecule has 3 amide bonds. The Balaban J connectivity index is 4.40. The van der Waals surface area contributed by atoms with E-state index >= 15 is 0 Å². The van der Waals surface area contributed by atoms with Gasteiger partial charge < -0.3 is 5.73 Å². The van der Waals surface area contributed by atoms with Crippen molar-refractivity contribution in [3.63, 3.8) is 0 Å². The van der Waals surface area contributed by atoms with Crippen LogP contribution in [0, 0.1) is 0 Å². The zero-order chi connectivity index (χ0) is 9.72. The summed E-state index contributed by atoms with van der Waals surface area (Å²) < 4.78 is 0. The molecule has 0 radical (unpaired) electrons. The average Bonchev–Trinajstić information content (AvgIpc) is 1.98. The molecule has 0 spiro atoms. The first-order valence-corrected chi connectivity index (χ1v) is 3.77. The predicted octanol–water partition coefficient (Wildman–Crippen LogP) is 0.880. The zero-order valence-electron chi connectivity index (χ0n) is 7.46. The van der Waals surface area contributed by atoms with Crippen molar-refractivity contribution in [2.45, 2.75) is 20.3 Å². The molecule has 0 saturated carbocycles. The van der Waals surface area contributed by atoms with Crippen LogP contribution in [0.1, 0.15) is 20.3 Å². The van der Waals surface area contributed by atoms with E-state index in [1.54, 1.807) is 6.92 Å². The second-order valence-corrected chi connectivity index (χ2v) is 2.58. The standard InChI is InChI=1S/C8H14N2O2/c1-4-5-10(8(9)12)7(11)6(2)3/h2,4-5H2,1,3H3,(H2,9,12). The summed E-state index contributed by atoms with van der Waals surface area (Å²) in [7, 11) is 0. The number of carbonyl (C=O) groups is 2. The summed E-state index contributed by atoms with van der Waals surface area (Å²) in [5.41, 5.74) is 5.31. The minimum atomic E-state index is -0.718. The van der Waals surface area contributed by atoms with Gasteiger partial charge in [0.1, 0.15) is 0 Å². The molecular formula is C8H14N2O2. The second kappa shape index (κ2) is 4.54. The van der Waals surface area contributed by atoms with Crippen LogP contribution in [-0.2, 0) is 4.79 Å². The molecule has 0 aromatic rings. The van der Waals surface area contributed by atoms with Gasteiger partial charge in [-0.3, -0.25) is 9.69 Å². The Morgan fingerprint density at radius 2 is 2.00 bits per heavy atom. The lowest BCUT2D eigenvalue weighted by Crippen LogP contribution is -2.41.